The third-order valence-electron chi connectivity index (χ3n) is 4.44. The predicted octanol–water partition coefficient (Wildman–Crippen LogP) is 5.97. The maximum Gasteiger partial charge on any atom is 0.387 e. The van der Waals surface area contributed by atoms with E-state index in [0.29, 0.717) is 22.5 Å². The van der Waals surface area contributed by atoms with E-state index in [9.17, 15) is 22.4 Å². The number of aromatic nitrogens is 2. The molecule has 7 nitrogen and oxygen atoms in total. The summed E-state index contributed by atoms with van der Waals surface area (Å²) in [5, 5.41) is 0. The van der Waals surface area contributed by atoms with E-state index in [1.165, 1.54) is 12.4 Å². The van der Waals surface area contributed by atoms with Crippen molar-refractivity contribution in [2.45, 2.75) is 46.1 Å². The molecule has 0 unspecified atom stereocenters. The molecule has 0 aliphatic carbocycles. The number of hydrogen-bond donors (Lipinski definition) is 0. The van der Waals surface area contributed by atoms with Gasteiger partial charge in [0.1, 0.15) is 11.9 Å². The number of anilines is 2. The van der Waals surface area contributed by atoms with Crippen LogP contribution in [-0.2, 0) is 11.3 Å². The molecule has 1 aromatic heterocycles. The number of esters is 1. The first-order valence-electron chi connectivity index (χ1n) is 10.4. The smallest absolute Gasteiger partial charge is 0.387 e. The highest BCUT2D eigenvalue weighted by Gasteiger charge is 2.21. The van der Waals surface area contributed by atoms with Gasteiger partial charge in [-0.3, -0.25) is 0 Å². The molecule has 2 aromatic carbocycles. The van der Waals surface area contributed by atoms with Crippen LogP contribution in [0.3, 0.4) is 0 Å². The molecular weight excluding hydrogens is 470 g/mol. The summed E-state index contributed by atoms with van der Waals surface area (Å²) in [5.41, 5.74) is 1.21. The molecule has 3 rings (SSSR count). The summed E-state index contributed by atoms with van der Waals surface area (Å²) < 4.78 is 65.4. The van der Waals surface area contributed by atoms with E-state index in [0.717, 1.165) is 12.1 Å². The fraction of sp³-hybridized carbons (Fsp3) is 0.292. The largest absolute Gasteiger partial charge is 0.456 e. The number of hydrogen-bond acceptors (Lipinski definition) is 7. The van der Waals surface area contributed by atoms with Crippen molar-refractivity contribution in [1.82, 2.24) is 9.97 Å². The van der Waals surface area contributed by atoms with E-state index in [4.69, 9.17) is 4.74 Å². The van der Waals surface area contributed by atoms with Gasteiger partial charge in [0, 0.05) is 35.4 Å². The zero-order valence-corrected chi connectivity index (χ0v) is 19.1. The average Bonchev–Trinajstić information content (AvgIpc) is 2.78. The van der Waals surface area contributed by atoms with E-state index in [1.54, 1.807) is 62.3 Å². The molecule has 0 N–H and O–H groups in total. The van der Waals surface area contributed by atoms with Crippen LogP contribution < -0.4 is 14.4 Å². The molecule has 1 heterocycles. The Labute approximate surface area is 199 Å². The molecule has 0 aliphatic heterocycles. The lowest BCUT2D eigenvalue weighted by Crippen LogP contribution is -2.24. The van der Waals surface area contributed by atoms with E-state index in [1.807, 2.05) is 0 Å². The highest BCUT2D eigenvalue weighted by atomic mass is 19.3. The molecule has 0 fully saturated rings. The first kappa shape index (κ1) is 25.7. The second-order valence-corrected chi connectivity index (χ2v) is 8.27. The van der Waals surface area contributed by atoms with Crippen LogP contribution in [0.2, 0.25) is 0 Å². The van der Waals surface area contributed by atoms with Crippen LogP contribution in [-0.4, -0.2) is 34.8 Å². The minimum absolute atomic E-state index is 0.190. The van der Waals surface area contributed by atoms with Crippen molar-refractivity contribution in [2.75, 3.05) is 4.90 Å². The second-order valence-electron chi connectivity index (χ2n) is 8.27. The molecule has 35 heavy (non-hydrogen) atoms. The Morgan fingerprint density at radius 3 is 2.03 bits per heavy atom. The number of rotatable bonds is 9. The molecule has 0 saturated heterocycles. The summed E-state index contributed by atoms with van der Waals surface area (Å²) in [5.74, 6) is -1.60. The second kappa shape index (κ2) is 11.0. The molecule has 0 atom stereocenters. The Hall–Kier alpha value is -3.89. The van der Waals surface area contributed by atoms with Crippen molar-refractivity contribution in [2.24, 2.45) is 0 Å². The lowest BCUT2D eigenvalue weighted by molar-refractivity contribution is -0.0692. The number of benzene rings is 2. The minimum atomic E-state index is -3.26. The van der Waals surface area contributed by atoms with Crippen molar-refractivity contribution in [3.05, 3.63) is 72.3 Å². The molecule has 0 radical (unpaired) electrons. The Balaban J connectivity index is 2.00. The molecule has 0 saturated carbocycles. The van der Waals surface area contributed by atoms with Gasteiger partial charge in [0.05, 0.1) is 12.1 Å². The maximum absolute atomic E-state index is 12.9. The molecule has 0 amide bonds. The summed E-state index contributed by atoms with van der Waals surface area (Å²) >= 11 is 0. The van der Waals surface area contributed by atoms with Crippen LogP contribution in [0.25, 0.3) is 0 Å². The Bertz CT molecular complexity index is 1120. The van der Waals surface area contributed by atoms with Gasteiger partial charge in [0.2, 0.25) is 0 Å². The van der Waals surface area contributed by atoms with Gasteiger partial charge in [-0.15, -0.1) is 0 Å². The molecule has 0 aliphatic rings. The summed E-state index contributed by atoms with van der Waals surface area (Å²) in [6.07, 6.45) is 4.49. The number of carbonyl (C=O) groups is 1. The first-order valence-corrected chi connectivity index (χ1v) is 10.4. The van der Waals surface area contributed by atoms with Crippen molar-refractivity contribution < 1.29 is 36.6 Å². The minimum Gasteiger partial charge on any atom is -0.456 e. The predicted molar refractivity (Wildman–Crippen MR) is 119 cm³/mol. The van der Waals surface area contributed by atoms with E-state index in [2.05, 4.69) is 19.4 Å². The average molecular weight is 493 g/mol. The van der Waals surface area contributed by atoms with Crippen molar-refractivity contribution in [3.63, 3.8) is 0 Å². The van der Waals surface area contributed by atoms with Gasteiger partial charge in [-0.1, -0.05) is 0 Å². The number of alkyl halides is 4. The summed E-state index contributed by atoms with van der Waals surface area (Å²) in [7, 11) is 0. The Morgan fingerprint density at radius 1 is 0.886 bits per heavy atom. The van der Waals surface area contributed by atoms with Crippen molar-refractivity contribution >= 4 is 17.3 Å². The third kappa shape index (κ3) is 7.56. The number of carbonyl (C=O) groups excluding carboxylic acids is 1. The lowest BCUT2D eigenvalue weighted by atomic mass is 10.1. The molecular formula is C24H23F4N3O4. The van der Waals surface area contributed by atoms with E-state index in [-0.39, 0.29) is 6.54 Å². The number of ether oxygens (including phenoxy) is 3. The quantitative estimate of drug-likeness (QED) is 0.268. The van der Waals surface area contributed by atoms with Crippen LogP contribution in [0.4, 0.5) is 28.9 Å². The molecule has 3 aromatic rings. The molecule has 11 heteroatoms. The highest BCUT2D eigenvalue weighted by molar-refractivity contribution is 5.90. The van der Waals surface area contributed by atoms with Gasteiger partial charge >= 0.3 is 19.2 Å². The first-order chi connectivity index (χ1) is 16.5. The fourth-order valence-corrected chi connectivity index (χ4v) is 3.09. The molecule has 186 valence electrons. The van der Waals surface area contributed by atoms with Crippen LogP contribution >= 0.6 is 0 Å². The van der Waals surface area contributed by atoms with Crippen LogP contribution in [0, 0.1) is 0 Å². The summed E-state index contributed by atoms with van der Waals surface area (Å²) in [4.78, 5) is 22.0. The fourth-order valence-electron chi connectivity index (χ4n) is 3.09. The SMILES string of the molecule is CC(C)(C)OC(=O)c1ccc(N(Cc2cncnc2)c2ccc(OC(F)F)c(OC(F)F)c2)cc1. The normalized spacial score (nSPS) is 11.5. The zero-order chi connectivity index (χ0) is 25.6. The van der Waals surface area contributed by atoms with Crippen molar-refractivity contribution in [3.8, 4) is 11.5 Å². The summed E-state index contributed by atoms with van der Waals surface area (Å²) in [6.45, 7) is -1.03. The van der Waals surface area contributed by atoms with Gasteiger partial charge in [-0.25, -0.2) is 14.8 Å². The monoisotopic (exact) mass is 493 g/mol. The maximum atomic E-state index is 12.9. The van der Waals surface area contributed by atoms with Crippen LogP contribution in [0.1, 0.15) is 36.7 Å². The molecule has 0 bridgehead atoms. The topological polar surface area (TPSA) is 73.8 Å². The van der Waals surface area contributed by atoms with Gasteiger partial charge in [-0.05, 0) is 57.2 Å². The van der Waals surface area contributed by atoms with Crippen molar-refractivity contribution in [1.29, 1.82) is 0 Å². The van der Waals surface area contributed by atoms with E-state index >= 15 is 0 Å². The number of halogens is 4. The van der Waals surface area contributed by atoms with Gasteiger partial charge < -0.3 is 19.1 Å². The Morgan fingerprint density at radius 2 is 1.46 bits per heavy atom. The lowest BCUT2D eigenvalue weighted by Gasteiger charge is -2.26. The van der Waals surface area contributed by atoms with Crippen LogP contribution in [0.15, 0.2) is 61.2 Å². The number of nitrogens with zero attached hydrogens (tertiary/aromatic N) is 3. The standard InChI is InChI=1S/C24H23F4N3O4/c1-24(2,3)35-21(32)16-4-6-17(7-5-16)31(13-15-11-29-14-30-12-15)18-8-9-19(33-22(25)26)20(10-18)34-23(27)28/h4-12,14,22-23H,13H2,1-3H3. The van der Waals surface area contributed by atoms with Gasteiger partial charge in [-0.2, -0.15) is 17.6 Å². The highest BCUT2D eigenvalue weighted by Crippen LogP contribution is 2.37. The third-order valence-corrected chi connectivity index (χ3v) is 4.44. The van der Waals surface area contributed by atoms with Crippen LogP contribution in [0.5, 0.6) is 11.5 Å². The Kier molecular flexibility index (Phi) is 8.10. The molecule has 0 spiro atoms. The van der Waals surface area contributed by atoms with Gasteiger partial charge in [0.25, 0.3) is 0 Å². The van der Waals surface area contributed by atoms with E-state index < -0.39 is 36.3 Å². The zero-order valence-electron chi connectivity index (χ0n) is 19.1. The van der Waals surface area contributed by atoms with Gasteiger partial charge in [0.15, 0.2) is 11.5 Å². The summed E-state index contributed by atoms with van der Waals surface area (Å²) in [6, 6.07) is 10.1.